The molecule has 0 bridgehead atoms. The third kappa shape index (κ3) is 3.66. The summed E-state index contributed by atoms with van der Waals surface area (Å²) in [6.07, 6.45) is 3.18. The van der Waals surface area contributed by atoms with E-state index in [1.807, 2.05) is 6.92 Å². The first-order chi connectivity index (χ1) is 13.6. The van der Waals surface area contributed by atoms with E-state index in [-0.39, 0.29) is 24.0 Å². The number of carbonyl (C=O) groups excluding carboxylic acids is 2. The Hall–Kier alpha value is -1.30. The monoisotopic (exact) mass is 422 g/mol. The molecule has 2 aliphatic carbocycles. The average Bonchev–Trinajstić information content (AvgIpc) is 2.98. The fraction of sp³-hybridized carbons (Fsp3) is 0.826. The molecule has 0 radical (unpaired) electrons. The van der Waals surface area contributed by atoms with Gasteiger partial charge in [0.1, 0.15) is 6.10 Å². The lowest BCUT2D eigenvalue weighted by Gasteiger charge is -2.46. The molecule has 0 aromatic rings. The van der Waals surface area contributed by atoms with Crippen LogP contribution in [0, 0.1) is 17.8 Å². The standard InChI is InChI=1S/C23H38O5Si/c1-8-26-22(24)17-12-19(28-29(13(2)3,14(4)5)15(6)7)16-10-9-11-18-20(16)21(17)23(25)27-18/h13-15,17-18,20-21H,8-12H2,1-7H3/t17-,18+,20+,21+/m0/s1. The van der Waals surface area contributed by atoms with Gasteiger partial charge in [-0.05, 0) is 48.4 Å². The molecule has 3 rings (SSSR count). The molecule has 1 aliphatic heterocycles. The molecule has 2 fully saturated rings. The van der Waals surface area contributed by atoms with Gasteiger partial charge in [0.05, 0.1) is 24.2 Å². The summed E-state index contributed by atoms with van der Waals surface area (Å²) >= 11 is 0. The zero-order valence-electron chi connectivity index (χ0n) is 19.1. The highest BCUT2D eigenvalue weighted by Gasteiger charge is 2.58. The highest BCUT2D eigenvalue weighted by Crippen LogP contribution is 2.54. The van der Waals surface area contributed by atoms with Crippen LogP contribution >= 0.6 is 0 Å². The van der Waals surface area contributed by atoms with Crippen LogP contribution in [0.1, 0.15) is 74.1 Å². The summed E-state index contributed by atoms with van der Waals surface area (Å²) in [6.45, 7) is 15.8. The fourth-order valence-corrected chi connectivity index (χ4v) is 11.7. The third-order valence-corrected chi connectivity index (χ3v) is 13.5. The third-order valence-electron chi connectivity index (χ3n) is 7.46. The predicted octanol–water partition coefficient (Wildman–Crippen LogP) is 5.36. The van der Waals surface area contributed by atoms with Crippen LogP contribution in [-0.2, 0) is 23.5 Å². The van der Waals surface area contributed by atoms with E-state index >= 15 is 0 Å². The Morgan fingerprint density at radius 1 is 1.10 bits per heavy atom. The van der Waals surface area contributed by atoms with E-state index in [9.17, 15) is 9.59 Å². The van der Waals surface area contributed by atoms with Crippen LogP contribution in [0.4, 0.5) is 0 Å². The number of carbonyl (C=O) groups is 2. The lowest BCUT2D eigenvalue weighted by molar-refractivity contribution is -0.156. The minimum atomic E-state index is -2.15. The van der Waals surface area contributed by atoms with Crippen LogP contribution < -0.4 is 0 Å². The molecule has 6 heteroatoms. The van der Waals surface area contributed by atoms with Crippen molar-refractivity contribution in [3.05, 3.63) is 11.3 Å². The maximum absolute atomic E-state index is 12.8. The van der Waals surface area contributed by atoms with Gasteiger partial charge >= 0.3 is 11.9 Å². The largest absolute Gasteiger partial charge is 0.546 e. The molecule has 5 nitrogen and oxygen atoms in total. The second-order valence-corrected chi connectivity index (χ2v) is 15.2. The van der Waals surface area contributed by atoms with E-state index in [4.69, 9.17) is 13.9 Å². The van der Waals surface area contributed by atoms with Gasteiger partial charge in [-0.2, -0.15) is 0 Å². The van der Waals surface area contributed by atoms with Crippen molar-refractivity contribution < 1.29 is 23.5 Å². The van der Waals surface area contributed by atoms with Gasteiger partial charge in [0.2, 0.25) is 0 Å². The number of allylic oxidation sites excluding steroid dienone is 1. The van der Waals surface area contributed by atoms with Crippen LogP contribution in [-0.4, -0.2) is 33.0 Å². The van der Waals surface area contributed by atoms with Gasteiger partial charge in [0, 0.05) is 12.3 Å². The quantitative estimate of drug-likeness (QED) is 0.408. The van der Waals surface area contributed by atoms with Crippen molar-refractivity contribution in [3.63, 3.8) is 0 Å². The van der Waals surface area contributed by atoms with Crippen LogP contribution in [0.3, 0.4) is 0 Å². The molecule has 0 amide bonds. The Labute approximate surface area is 176 Å². The minimum absolute atomic E-state index is 0.0207. The van der Waals surface area contributed by atoms with Crippen molar-refractivity contribution in [2.24, 2.45) is 17.8 Å². The van der Waals surface area contributed by atoms with Gasteiger partial charge in [-0.25, -0.2) is 0 Å². The smallest absolute Gasteiger partial charge is 0.310 e. The molecular formula is C23H38O5Si. The highest BCUT2D eigenvalue weighted by molar-refractivity contribution is 6.77. The number of esters is 2. The zero-order valence-corrected chi connectivity index (χ0v) is 20.1. The first-order valence-corrected chi connectivity index (χ1v) is 13.6. The van der Waals surface area contributed by atoms with E-state index in [2.05, 4.69) is 41.5 Å². The lowest BCUT2D eigenvalue weighted by atomic mass is 9.66. The Morgan fingerprint density at radius 3 is 2.28 bits per heavy atom. The lowest BCUT2D eigenvalue weighted by Crippen LogP contribution is -2.49. The topological polar surface area (TPSA) is 61.8 Å². The molecule has 3 aliphatic rings. The molecule has 0 unspecified atom stereocenters. The summed E-state index contributed by atoms with van der Waals surface area (Å²) in [5.74, 6) is -0.451. The second kappa shape index (κ2) is 8.44. The Kier molecular flexibility index (Phi) is 6.52. The number of rotatable bonds is 7. The van der Waals surface area contributed by atoms with E-state index in [0.717, 1.165) is 25.0 Å². The Balaban J connectivity index is 2.06. The number of hydrogen-bond acceptors (Lipinski definition) is 5. The fourth-order valence-electron chi connectivity index (χ4n) is 6.37. The SMILES string of the molecule is CCOC(=O)[C@H]1CC(O[Si](C(C)C)(C(C)C)C(C)C)=C2CCC[C@H]3OC(=O)[C@H]1[C@H]23. The molecule has 0 N–H and O–H groups in total. The molecule has 0 spiro atoms. The molecule has 1 saturated heterocycles. The summed E-state index contributed by atoms with van der Waals surface area (Å²) in [6, 6.07) is 0. The first kappa shape index (κ1) is 22.4. The maximum Gasteiger partial charge on any atom is 0.310 e. The second-order valence-electron chi connectivity index (χ2n) is 9.85. The Morgan fingerprint density at radius 2 is 1.72 bits per heavy atom. The molecular weight excluding hydrogens is 384 g/mol. The highest BCUT2D eigenvalue weighted by atomic mass is 28.4. The summed E-state index contributed by atoms with van der Waals surface area (Å²) in [5, 5.41) is 0. The van der Waals surface area contributed by atoms with Crippen molar-refractivity contribution in [2.45, 2.75) is 96.9 Å². The molecule has 1 heterocycles. The van der Waals surface area contributed by atoms with Crippen molar-refractivity contribution in [1.29, 1.82) is 0 Å². The van der Waals surface area contributed by atoms with Gasteiger partial charge in [-0.1, -0.05) is 41.5 Å². The van der Waals surface area contributed by atoms with E-state index in [1.54, 1.807) is 0 Å². The molecule has 4 atom stereocenters. The molecule has 0 aromatic carbocycles. The van der Waals surface area contributed by atoms with Gasteiger partial charge in [-0.15, -0.1) is 0 Å². The summed E-state index contributed by atoms with van der Waals surface area (Å²) in [4.78, 5) is 25.5. The Bertz CT molecular complexity index is 659. The van der Waals surface area contributed by atoms with Gasteiger partial charge < -0.3 is 13.9 Å². The van der Waals surface area contributed by atoms with Crippen LogP contribution in [0.5, 0.6) is 0 Å². The van der Waals surface area contributed by atoms with Crippen molar-refractivity contribution in [3.8, 4) is 0 Å². The van der Waals surface area contributed by atoms with Crippen molar-refractivity contribution >= 4 is 20.3 Å². The van der Waals surface area contributed by atoms with E-state index in [1.165, 1.54) is 5.57 Å². The van der Waals surface area contributed by atoms with Crippen molar-refractivity contribution in [2.75, 3.05) is 6.61 Å². The number of hydrogen-bond donors (Lipinski definition) is 0. The summed E-state index contributed by atoms with van der Waals surface area (Å²) in [7, 11) is -2.15. The van der Waals surface area contributed by atoms with Crippen molar-refractivity contribution in [1.82, 2.24) is 0 Å². The van der Waals surface area contributed by atoms with Crippen LogP contribution in [0.25, 0.3) is 0 Å². The minimum Gasteiger partial charge on any atom is -0.546 e. The average molecular weight is 423 g/mol. The molecule has 0 aromatic heterocycles. The van der Waals surface area contributed by atoms with E-state index in [0.29, 0.717) is 29.7 Å². The molecule has 29 heavy (non-hydrogen) atoms. The first-order valence-electron chi connectivity index (χ1n) is 11.4. The summed E-state index contributed by atoms with van der Waals surface area (Å²) < 4.78 is 18.2. The van der Waals surface area contributed by atoms with Crippen LogP contribution in [0.15, 0.2) is 11.3 Å². The predicted molar refractivity (Wildman–Crippen MR) is 115 cm³/mol. The van der Waals surface area contributed by atoms with Gasteiger partial charge in [0.25, 0.3) is 8.32 Å². The zero-order chi connectivity index (χ0) is 21.5. The van der Waals surface area contributed by atoms with E-state index < -0.39 is 20.2 Å². The normalized spacial score (nSPS) is 29.4. The van der Waals surface area contributed by atoms with Gasteiger partial charge in [-0.3, -0.25) is 9.59 Å². The molecule has 164 valence electrons. The van der Waals surface area contributed by atoms with Crippen LogP contribution in [0.2, 0.25) is 16.6 Å². The molecule has 1 saturated carbocycles. The van der Waals surface area contributed by atoms with Gasteiger partial charge in [0.15, 0.2) is 0 Å². The summed E-state index contributed by atoms with van der Waals surface area (Å²) in [5.41, 5.74) is 2.61. The number of ether oxygens (including phenoxy) is 2. The maximum atomic E-state index is 12.8.